The minimum atomic E-state index is -0.551. The number of H-pyrrole nitrogens is 1. The van der Waals surface area contributed by atoms with Crippen molar-refractivity contribution in [1.29, 1.82) is 0 Å². The van der Waals surface area contributed by atoms with E-state index >= 15 is 0 Å². The van der Waals surface area contributed by atoms with E-state index in [0.29, 0.717) is 11.1 Å². The second kappa shape index (κ2) is 12.6. The van der Waals surface area contributed by atoms with E-state index in [2.05, 4.69) is 10.3 Å². The van der Waals surface area contributed by atoms with Crippen LogP contribution in [0.15, 0.2) is 79.0 Å². The molecule has 1 aromatic heterocycles. The number of hydrogen-bond donors (Lipinski definition) is 3. The summed E-state index contributed by atoms with van der Waals surface area (Å²) in [6.07, 6.45) is 1.35. The van der Waals surface area contributed by atoms with Crippen LogP contribution in [0.2, 0.25) is 5.02 Å². The van der Waals surface area contributed by atoms with Gasteiger partial charge in [-0.2, -0.15) is 0 Å². The molecule has 190 valence electrons. The summed E-state index contributed by atoms with van der Waals surface area (Å²) in [7, 11) is 0. The standard InChI is InChI=1S/C23H22FN3O3.C6H5Cl/c1-13-6-8-15(9-7-13)22(29)21-20(19-14(2)4-3-5-17(19)24)16(12-27-21)23(30)26-11-10-18(25)28;7-6-4-2-1-3-5-6/h3-9,12,27H,10-11H2,1-2H3,(H2,25,28)(H,26,30);1-5H. The van der Waals surface area contributed by atoms with Gasteiger partial charge in [0, 0.05) is 40.9 Å². The van der Waals surface area contributed by atoms with E-state index in [-0.39, 0.29) is 41.1 Å². The number of primary amides is 1. The van der Waals surface area contributed by atoms with Crippen LogP contribution in [-0.2, 0) is 4.79 Å². The lowest BCUT2D eigenvalue weighted by molar-refractivity contribution is -0.117. The molecule has 0 aliphatic rings. The zero-order valence-electron chi connectivity index (χ0n) is 20.5. The van der Waals surface area contributed by atoms with Crippen molar-refractivity contribution in [2.24, 2.45) is 5.73 Å². The van der Waals surface area contributed by atoms with Gasteiger partial charge in [-0.3, -0.25) is 14.4 Å². The van der Waals surface area contributed by atoms with Gasteiger partial charge in [0.1, 0.15) is 5.82 Å². The van der Waals surface area contributed by atoms with Crippen LogP contribution >= 0.6 is 11.6 Å². The average Bonchev–Trinajstić information content (AvgIpc) is 3.29. The predicted molar refractivity (Wildman–Crippen MR) is 143 cm³/mol. The molecule has 37 heavy (non-hydrogen) atoms. The number of aryl methyl sites for hydroxylation is 2. The van der Waals surface area contributed by atoms with Crippen LogP contribution in [0, 0.1) is 19.7 Å². The molecular weight excluding hydrogens is 493 g/mol. The third kappa shape index (κ3) is 7.15. The third-order valence-corrected chi connectivity index (χ3v) is 5.78. The van der Waals surface area contributed by atoms with Gasteiger partial charge >= 0.3 is 0 Å². The molecule has 0 spiro atoms. The molecule has 4 aromatic rings. The smallest absolute Gasteiger partial charge is 0.253 e. The quantitative estimate of drug-likeness (QED) is 0.276. The Morgan fingerprint density at radius 3 is 2.16 bits per heavy atom. The van der Waals surface area contributed by atoms with Crippen LogP contribution in [0.5, 0.6) is 0 Å². The van der Waals surface area contributed by atoms with E-state index in [1.54, 1.807) is 31.2 Å². The molecule has 0 bridgehead atoms. The third-order valence-electron chi connectivity index (χ3n) is 5.53. The minimum Gasteiger partial charge on any atom is -0.370 e. The van der Waals surface area contributed by atoms with Gasteiger partial charge in [-0.1, -0.05) is 71.8 Å². The number of benzene rings is 3. The monoisotopic (exact) mass is 519 g/mol. The van der Waals surface area contributed by atoms with Crippen molar-refractivity contribution in [2.45, 2.75) is 20.3 Å². The fourth-order valence-electron chi connectivity index (χ4n) is 3.65. The van der Waals surface area contributed by atoms with Crippen LogP contribution in [0.4, 0.5) is 4.39 Å². The summed E-state index contributed by atoms with van der Waals surface area (Å²) >= 11 is 5.54. The van der Waals surface area contributed by atoms with Crippen LogP contribution in [0.3, 0.4) is 0 Å². The average molecular weight is 520 g/mol. The zero-order valence-corrected chi connectivity index (χ0v) is 21.2. The Morgan fingerprint density at radius 1 is 0.919 bits per heavy atom. The summed E-state index contributed by atoms with van der Waals surface area (Å²) in [5, 5.41) is 3.38. The second-order valence-electron chi connectivity index (χ2n) is 8.35. The number of rotatable bonds is 7. The summed E-state index contributed by atoms with van der Waals surface area (Å²) < 4.78 is 14.8. The molecule has 0 atom stereocenters. The highest BCUT2D eigenvalue weighted by atomic mass is 35.5. The molecule has 0 fully saturated rings. The number of halogens is 2. The van der Waals surface area contributed by atoms with Crippen molar-refractivity contribution in [3.8, 4) is 11.1 Å². The van der Waals surface area contributed by atoms with Crippen molar-refractivity contribution in [2.75, 3.05) is 6.54 Å². The molecule has 8 heteroatoms. The van der Waals surface area contributed by atoms with E-state index in [1.165, 1.54) is 12.3 Å². The fraction of sp³-hybridized carbons (Fsp3) is 0.138. The molecular formula is C29H27ClFN3O3. The van der Waals surface area contributed by atoms with Crippen molar-refractivity contribution in [3.63, 3.8) is 0 Å². The Kier molecular flexibility index (Phi) is 9.35. The van der Waals surface area contributed by atoms with E-state index in [4.69, 9.17) is 17.3 Å². The lowest BCUT2D eigenvalue weighted by Gasteiger charge is -2.12. The van der Waals surface area contributed by atoms with Crippen LogP contribution in [0.1, 0.15) is 44.0 Å². The summed E-state index contributed by atoms with van der Waals surface area (Å²) in [6, 6.07) is 21.0. The molecule has 0 aliphatic carbocycles. The van der Waals surface area contributed by atoms with Crippen molar-refractivity contribution in [3.05, 3.63) is 118 Å². The van der Waals surface area contributed by atoms with Crippen LogP contribution < -0.4 is 11.1 Å². The lowest BCUT2D eigenvalue weighted by Crippen LogP contribution is -2.28. The Bertz CT molecular complexity index is 1380. The molecule has 3 aromatic carbocycles. The summed E-state index contributed by atoms with van der Waals surface area (Å²) in [5.74, 6) is -1.99. The molecule has 6 nitrogen and oxygen atoms in total. The molecule has 0 aliphatic heterocycles. The molecule has 2 amide bonds. The Labute approximate surface area is 219 Å². The van der Waals surface area contributed by atoms with E-state index < -0.39 is 17.6 Å². The van der Waals surface area contributed by atoms with Crippen LogP contribution in [0.25, 0.3) is 11.1 Å². The topological polar surface area (TPSA) is 105 Å². The van der Waals surface area contributed by atoms with Gasteiger partial charge in [-0.25, -0.2) is 4.39 Å². The maximum absolute atomic E-state index is 14.8. The number of ketones is 1. The second-order valence-corrected chi connectivity index (χ2v) is 8.78. The Morgan fingerprint density at radius 2 is 1.59 bits per heavy atom. The molecule has 1 heterocycles. The highest BCUT2D eigenvalue weighted by molar-refractivity contribution is 6.30. The number of amides is 2. The highest BCUT2D eigenvalue weighted by Crippen LogP contribution is 2.34. The van der Waals surface area contributed by atoms with E-state index in [9.17, 15) is 18.8 Å². The summed E-state index contributed by atoms with van der Waals surface area (Å²) in [6.45, 7) is 3.65. The number of hydrogen-bond acceptors (Lipinski definition) is 3. The number of nitrogens with two attached hydrogens (primary N) is 1. The van der Waals surface area contributed by atoms with Crippen molar-refractivity contribution >= 4 is 29.2 Å². The van der Waals surface area contributed by atoms with Crippen molar-refractivity contribution in [1.82, 2.24) is 10.3 Å². The fourth-order valence-corrected chi connectivity index (χ4v) is 3.79. The lowest BCUT2D eigenvalue weighted by atomic mass is 9.93. The van der Waals surface area contributed by atoms with Gasteiger partial charge in [-0.15, -0.1) is 0 Å². The normalized spacial score (nSPS) is 10.3. The van der Waals surface area contributed by atoms with E-state index in [0.717, 1.165) is 10.6 Å². The molecule has 0 saturated carbocycles. The number of aromatic amines is 1. The minimum absolute atomic E-state index is 0.0284. The maximum atomic E-state index is 14.8. The Balaban J connectivity index is 0.000000468. The van der Waals surface area contributed by atoms with Crippen molar-refractivity contribution < 1.29 is 18.8 Å². The zero-order chi connectivity index (χ0) is 26.9. The SMILES string of the molecule is Cc1ccc(C(=O)c2[nH]cc(C(=O)NCCC(N)=O)c2-c2c(C)cccc2F)cc1.Clc1ccccc1. The number of nitrogens with one attached hydrogen (secondary N) is 2. The summed E-state index contributed by atoms with van der Waals surface area (Å²) in [5.41, 5.74) is 7.70. The molecule has 0 radical (unpaired) electrons. The van der Waals surface area contributed by atoms with Gasteiger partial charge in [0.15, 0.2) is 0 Å². The molecule has 0 saturated heterocycles. The number of aromatic nitrogens is 1. The van der Waals surface area contributed by atoms with E-state index in [1.807, 2.05) is 49.4 Å². The first-order valence-electron chi connectivity index (χ1n) is 11.5. The van der Waals surface area contributed by atoms with Gasteiger partial charge in [0.2, 0.25) is 11.7 Å². The molecule has 4 rings (SSSR count). The number of carbonyl (C=O) groups excluding carboxylic acids is 3. The summed E-state index contributed by atoms with van der Waals surface area (Å²) in [4.78, 5) is 39.7. The van der Waals surface area contributed by atoms with Gasteiger partial charge in [0.05, 0.1) is 11.3 Å². The maximum Gasteiger partial charge on any atom is 0.253 e. The van der Waals surface area contributed by atoms with Gasteiger partial charge in [0.25, 0.3) is 5.91 Å². The Hall–Kier alpha value is -4.23. The molecule has 4 N–H and O–H groups in total. The number of carbonyl (C=O) groups is 3. The molecule has 0 unspecified atom stereocenters. The van der Waals surface area contributed by atoms with Crippen LogP contribution in [-0.4, -0.2) is 29.1 Å². The largest absolute Gasteiger partial charge is 0.370 e. The first-order chi connectivity index (χ1) is 17.7. The predicted octanol–water partition coefficient (Wildman–Crippen LogP) is 5.61. The first-order valence-corrected chi connectivity index (χ1v) is 11.9. The highest BCUT2D eigenvalue weighted by Gasteiger charge is 2.26. The van der Waals surface area contributed by atoms with Gasteiger partial charge < -0.3 is 16.0 Å². The first kappa shape index (κ1) is 27.4. The van der Waals surface area contributed by atoms with Gasteiger partial charge in [-0.05, 0) is 37.6 Å².